The molecular formula is C13H23N5O. The molecule has 0 aliphatic carbocycles. The van der Waals surface area contributed by atoms with Crippen LogP contribution >= 0.6 is 0 Å². The minimum atomic E-state index is 0.0873. The number of nitrogens with zero attached hydrogens (tertiary/aromatic N) is 3. The number of rotatable bonds is 8. The van der Waals surface area contributed by atoms with Crippen LogP contribution in [0.3, 0.4) is 0 Å². The van der Waals surface area contributed by atoms with E-state index < -0.39 is 0 Å². The third-order valence-corrected chi connectivity index (χ3v) is 2.58. The molecule has 6 nitrogen and oxygen atoms in total. The normalized spacial score (nSPS) is 10.7. The van der Waals surface area contributed by atoms with Crippen LogP contribution in [0.15, 0.2) is 19.1 Å². The number of aromatic nitrogens is 2. The van der Waals surface area contributed by atoms with Crippen molar-refractivity contribution in [2.45, 2.75) is 20.4 Å². The van der Waals surface area contributed by atoms with Crippen molar-refractivity contribution in [2.24, 2.45) is 5.92 Å². The lowest BCUT2D eigenvalue weighted by Gasteiger charge is -2.23. The van der Waals surface area contributed by atoms with E-state index in [1.165, 1.54) is 6.33 Å². The first-order chi connectivity index (χ1) is 9.10. The molecule has 0 amide bonds. The van der Waals surface area contributed by atoms with Crippen LogP contribution in [-0.2, 0) is 6.54 Å². The van der Waals surface area contributed by atoms with E-state index in [1.54, 1.807) is 6.20 Å². The van der Waals surface area contributed by atoms with Crippen molar-refractivity contribution in [1.82, 2.24) is 15.3 Å². The Bertz CT molecular complexity index is 408. The van der Waals surface area contributed by atoms with Gasteiger partial charge < -0.3 is 21.1 Å². The van der Waals surface area contributed by atoms with E-state index in [9.17, 15) is 0 Å². The number of aliphatic hydroxyl groups is 1. The van der Waals surface area contributed by atoms with Gasteiger partial charge in [-0.3, -0.25) is 0 Å². The van der Waals surface area contributed by atoms with Gasteiger partial charge in [-0.15, -0.1) is 0 Å². The first-order valence-corrected chi connectivity index (χ1v) is 6.40. The van der Waals surface area contributed by atoms with Gasteiger partial charge in [0, 0.05) is 19.6 Å². The Balaban J connectivity index is 2.88. The maximum Gasteiger partial charge on any atom is 0.159 e. The second kappa shape index (κ2) is 7.70. The van der Waals surface area contributed by atoms with Crippen LogP contribution in [0.2, 0.25) is 0 Å². The number of aliphatic hydroxyl groups excluding tert-OH is 1. The monoisotopic (exact) mass is 265 g/mol. The van der Waals surface area contributed by atoms with E-state index in [0.717, 1.165) is 12.2 Å². The molecule has 1 aromatic rings. The van der Waals surface area contributed by atoms with Gasteiger partial charge in [0.2, 0.25) is 0 Å². The molecule has 0 bridgehead atoms. The van der Waals surface area contributed by atoms with Crippen molar-refractivity contribution >= 4 is 11.5 Å². The van der Waals surface area contributed by atoms with E-state index in [4.69, 9.17) is 10.8 Å². The van der Waals surface area contributed by atoms with Crippen LogP contribution in [0.5, 0.6) is 0 Å². The zero-order valence-corrected chi connectivity index (χ0v) is 11.6. The summed E-state index contributed by atoms with van der Waals surface area (Å²) in [5, 5.41) is 11.8. The van der Waals surface area contributed by atoms with Crippen LogP contribution in [-0.4, -0.2) is 34.8 Å². The fourth-order valence-electron chi connectivity index (χ4n) is 1.72. The standard InChI is InChI=1S/C13H23N5O/c1-4-18(8-10(2)3)13-12(14)11(16-9-17-13)7-15-5-6-19/h4,9-10,15,19H,1,5-8,14H2,2-3H3. The van der Waals surface area contributed by atoms with E-state index in [2.05, 4.69) is 35.7 Å². The zero-order chi connectivity index (χ0) is 14.3. The maximum absolute atomic E-state index is 8.75. The predicted octanol–water partition coefficient (Wildman–Crippen LogP) is 0.747. The fraction of sp³-hybridized carbons (Fsp3) is 0.538. The highest BCUT2D eigenvalue weighted by molar-refractivity contribution is 5.66. The highest BCUT2D eigenvalue weighted by atomic mass is 16.3. The molecule has 0 saturated carbocycles. The van der Waals surface area contributed by atoms with E-state index in [0.29, 0.717) is 30.5 Å². The molecule has 0 radical (unpaired) electrons. The Labute approximate surface area is 114 Å². The molecule has 0 unspecified atom stereocenters. The molecule has 106 valence electrons. The summed E-state index contributed by atoms with van der Waals surface area (Å²) >= 11 is 0. The first kappa shape index (κ1) is 15.4. The number of nitrogens with two attached hydrogens (primary N) is 1. The van der Waals surface area contributed by atoms with Gasteiger partial charge in [-0.1, -0.05) is 20.4 Å². The lowest BCUT2D eigenvalue weighted by molar-refractivity contribution is 0.291. The summed E-state index contributed by atoms with van der Waals surface area (Å²) in [7, 11) is 0. The van der Waals surface area contributed by atoms with Crippen molar-refractivity contribution in [3.63, 3.8) is 0 Å². The van der Waals surface area contributed by atoms with Crippen molar-refractivity contribution < 1.29 is 5.11 Å². The minimum Gasteiger partial charge on any atom is -0.395 e. The van der Waals surface area contributed by atoms with Crippen LogP contribution in [0, 0.1) is 5.92 Å². The molecule has 0 aromatic carbocycles. The molecule has 4 N–H and O–H groups in total. The van der Waals surface area contributed by atoms with Gasteiger partial charge in [0.15, 0.2) is 5.82 Å². The van der Waals surface area contributed by atoms with E-state index in [-0.39, 0.29) is 6.61 Å². The van der Waals surface area contributed by atoms with Gasteiger partial charge >= 0.3 is 0 Å². The quantitative estimate of drug-likeness (QED) is 0.601. The summed E-state index contributed by atoms with van der Waals surface area (Å²) in [5.74, 6) is 1.16. The topological polar surface area (TPSA) is 87.3 Å². The molecule has 19 heavy (non-hydrogen) atoms. The van der Waals surface area contributed by atoms with Crippen LogP contribution in [0.25, 0.3) is 0 Å². The van der Waals surface area contributed by atoms with Crippen molar-refractivity contribution in [3.8, 4) is 0 Å². The molecule has 0 aliphatic rings. The van der Waals surface area contributed by atoms with Crippen LogP contribution in [0.4, 0.5) is 11.5 Å². The molecule has 1 aromatic heterocycles. The molecule has 0 saturated heterocycles. The Morgan fingerprint density at radius 2 is 2.26 bits per heavy atom. The Morgan fingerprint density at radius 1 is 1.53 bits per heavy atom. The zero-order valence-electron chi connectivity index (χ0n) is 11.6. The molecule has 6 heteroatoms. The van der Waals surface area contributed by atoms with Gasteiger partial charge in [-0.25, -0.2) is 9.97 Å². The third-order valence-electron chi connectivity index (χ3n) is 2.58. The predicted molar refractivity (Wildman–Crippen MR) is 77.6 cm³/mol. The number of nitrogen functional groups attached to an aromatic ring is 1. The molecule has 1 rings (SSSR count). The molecule has 0 spiro atoms. The largest absolute Gasteiger partial charge is 0.395 e. The van der Waals surface area contributed by atoms with E-state index in [1.807, 2.05) is 4.90 Å². The molecule has 0 aliphatic heterocycles. The van der Waals surface area contributed by atoms with E-state index >= 15 is 0 Å². The fourth-order valence-corrected chi connectivity index (χ4v) is 1.72. The second-order valence-electron chi connectivity index (χ2n) is 4.69. The van der Waals surface area contributed by atoms with Gasteiger partial charge in [0.25, 0.3) is 0 Å². The Kier molecular flexibility index (Phi) is 6.24. The molecular weight excluding hydrogens is 242 g/mol. The third kappa shape index (κ3) is 4.50. The number of hydrogen-bond acceptors (Lipinski definition) is 6. The average Bonchev–Trinajstić information content (AvgIpc) is 2.38. The summed E-state index contributed by atoms with van der Waals surface area (Å²) in [6, 6.07) is 0. The highest BCUT2D eigenvalue weighted by Crippen LogP contribution is 2.23. The number of anilines is 2. The molecule has 1 heterocycles. The first-order valence-electron chi connectivity index (χ1n) is 6.40. The molecule has 0 fully saturated rings. The molecule has 0 atom stereocenters. The van der Waals surface area contributed by atoms with Gasteiger partial charge in [-0.2, -0.15) is 0 Å². The second-order valence-corrected chi connectivity index (χ2v) is 4.69. The SMILES string of the molecule is C=CN(CC(C)C)c1ncnc(CNCCO)c1N. The average molecular weight is 265 g/mol. The van der Waals surface area contributed by atoms with Gasteiger partial charge in [-0.05, 0) is 12.1 Å². The number of nitrogens with one attached hydrogen (secondary N) is 1. The Morgan fingerprint density at radius 3 is 2.84 bits per heavy atom. The lowest BCUT2D eigenvalue weighted by Crippen LogP contribution is -2.25. The number of hydrogen-bond donors (Lipinski definition) is 3. The van der Waals surface area contributed by atoms with Crippen LogP contribution in [0.1, 0.15) is 19.5 Å². The Hall–Kier alpha value is -1.66. The van der Waals surface area contributed by atoms with Gasteiger partial charge in [0.1, 0.15) is 6.33 Å². The lowest BCUT2D eigenvalue weighted by atomic mass is 10.2. The summed E-state index contributed by atoms with van der Waals surface area (Å²) in [5.41, 5.74) is 7.38. The van der Waals surface area contributed by atoms with Crippen molar-refractivity contribution in [2.75, 3.05) is 30.3 Å². The smallest absolute Gasteiger partial charge is 0.159 e. The summed E-state index contributed by atoms with van der Waals surface area (Å²) in [4.78, 5) is 10.3. The maximum atomic E-state index is 8.75. The van der Waals surface area contributed by atoms with Crippen molar-refractivity contribution in [1.29, 1.82) is 0 Å². The summed E-state index contributed by atoms with van der Waals surface area (Å²) < 4.78 is 0. The minimum absolute atomic E-state index is 0.0873. The van der Waals surface area contributed by atoms with Crippen molar-refractivity contribution in [3.05, 3.63) is 24.8 Å². The van der Waals surface area contributed by atoms with Gasteiger partial charge in [0.05, 0.1) is 18.0 Å². The van der Waals surface area contributed by atoms with Crippen LogP contribution < -0.4 is 16.0 Å². The highest BCUT2D eigenvalue weighted by Gasteiger charge is 2.13. The summed E-state index contributed by atoms with van der Waals surface area (Å²) in [6.45, 7) is 9.95. The summed E-state index contributed by atoms with van der Waals surface area (Å²) in [6.07, 6.45) is 3.22.